The minimum atomic E-state index is -5.39. The van der Waals surface area contributed by atoms with E-state index in [-0.39, 0.29) is 11.3 Å². The Hall–Kier alpha value is -3.62. The molecule has 0 unspecified atom stereocenters. The fourth-order valence-corrected chi connectivity index (χ4v) is 3.84. The molecule has 3 aromatic rings. The molecule has 0 spiro atoms. The molecule has 0 saturated heterocycles. The molecule has 0 aliphatic heterocycles. The Balaban J connectivity index is 2.39. The molecule has 0 aliphatic rings. The largest absolute Gasteiger partial charge is 0.504 e. The number of fused-ring (bicyclic) bond motifs is 1. The standard InChI is InChI=1S/C16H12O16S3/c1-28-8-5-11-13(12(6-8)31-34(22,23)24)14(18)16(32-35(25,26)27)15(29-11)7-2-3-10(9(17)4-7)30-33(19,20)21/h2-6,17H,1H3,(H,19,20,21)(H,22,23,24)(H,25,26,27). The van der Waals surface area contributed by atoms with E-state index >= 15 is 0 Å². The van der Waals surface area contributed by atoms with E-state index in [2.05, 4.69) is 12.5 Å². The molecule has 0 fully saturated rings. The van der Waals surface area contributed by atoms with Crippen molar-refractivity contribution in [3.8, 4) is 40.1 Å². The molecule has 2 aromatic carbocycles. The summed E-state index contributed by atoms with van der Waals surface area (Å²) in [5, 5.41) is 9.24. The molecule has 0 bridgehead atoms. The van der Waals surface area contributed by atoms with Gasteiger partial charge in [0, 0.05) is 17.7 Å². The molecule has 0 atom stereocenters. The molecule has 3 rings (SSSR count). The Labute approximate surface area is 195 Å². The van der Waals surface area contributed by atoms with E-state index in [1.165, 1.54) is 0 Å². The van der Waals surface area contributed by atoms with Crippen LogP contribution in [-0.2, 0) is 31.2 Å². The van der Waals surface area contributed by atoms with Gasteiger partial charge in [0.2, 0.25) is 11.2 Å². The quantitative estimate of drug-likeness (QED) is 0.279. The van der Waals surface area contributed by atoms with Crippen LogP contribution < -0.4 is 22.7 Å². The van der Waals surface area contributed by atoms with Crippen molar-refractivity contribution in [1.82, 2.24) is 0 Å². The number of methoxy groups -OCH3 is 1. The molecule has 1 heterocycles. The Morgan fingerprint density at radius 2 is 1.37 bits per heavy atom. The van der Waals surface area contributed by atoms with Gasteiger partial charge >= 0.3 is 31.2 Å². The summed E-state index contributed by atoms with van der Waals surface area (Å²) < 4.78 is 117. The number of hydrogen-bond donors (Lipinski definition) is 4. The van der Waals surface area contributed by atoms with Crippen molar-refractivity contribution in [2.45, 2.75) is 0 Å². The predicted molar refractivity (Wildman–Crippen MR) is 113 cm³/mol. The van der Waals surface area contributed by atoms with Gasteiger partial charge in [-0.25, -0.2) is 0 Å². The highest BCUT2D eigenvalue weighted by Crippen LogP contribution is 2.39. The SMILES string of the molecule is COc1cc(OS(=O)(=O)O)c2c(=O)c(OS(=O)(=O)O)c(-c3ccc(OS(=O)(=O)O)c(O)c3)oc2c1. The van der Waals surface area contributed by atoms with Gasteiger partial charge in [0.25, 0.3) is 0 Å². The summed E-state index contributed by atoms with van der Waals surface area (Å²) in [6, 6.07) is 4.27. The van der Waals surface area contributed by atoms with Gasteiger partial charge in [-0.15, -0.1) is 0 Å². The predicted octanol–water partition coefficient (Wildman–Crippen LogP) is 0.719. The van der Waals surface area contributed by atoms with Gasteiger partial charge in [-0.2, -0.15) is 25.3 Å². The van der Waals surface area contributed by atoms with E-state index in [1.807, 2.05) is 0 Å². The van der Waals surface area contributed by atoms with Crippen molar-refractivity contribution in [3.05, 3.63) is 40.6 Å². The molecule has 19 heteroatoms. The number of phenolic OH excluding ortho intramolecular Hbond substituents is 1. The van der Waals surface area contributed by atoms with Crippen molar-refractivity contribution >= 4 is 42.2 Å². The van der Waals surface area contributed by atoms with Crippen molar-refractivity contribution < 1.29 is 65.7 Å². The molecular formula is C16H12O16S3. The van der Waals surface area contributed by atoms with Crippen LogP contribution >= 0.6 is 0 Å². The zero-order chi connectivity index (χ0) is 26.3. The first kappa shape index (κ1) is 26.0. The van der Waals surface area contributed by atoms with Gasteiger partial charge in [0.05, 0.1) is 7.11 Å². The van der Waals surface area contributed by atoms with Gasteiger partial charge in [-0.3, -0.25) is 18.5 Å². The van der Waals surface area contributed by atoms with Gasteiger partial charge in [-0.05, 0) is 18.2 Å². The second-order valence-corrected chi connectivity index (χ2v) is 9.37. The van der Waals surface area contributed by atoms with Crippen LogP contribution in [-0.4, -0.2) is 51.1 Å². The number of hydrogen-bond acceptors (Lipinski definition) is 13. The zero-order valence-electron chi connectivity index (χ0n) is 16.8. The summed E-state index contributed by atoms with van der Waals surface area (Å²) in [6.45, 7) is 0. The average Bonchev–Trinajstić information content (AvgIpc) is 2.68. The third kappa shape index (κ3) is 6.29. The van der Waals surface area contributed by atoms with Crippen LogP contribution in [0.15, 0.2) is 39.5 Å². The Bertz CT molecular complexity index is 1700. The fourth-order valence-electron chi connectivity index (χ4n) is 2.75. The number of aromatic hydroxyl groups is 1. The second-order valence-electron chi connectivity index (χ2n) is 6.30. The number of phenols is 1. The lowest BCUT2D eigenvalue weighted by Gasteiger charge is -2.13. The molecule has 4 N–H and O–H groups in total. The normalized spacial score (nSPS) is 12.3. The van der Waals surface area contributed by atoms with Gasteiger partial charge in [0.1, 0.15) is 16.7 Å². The lowest BCUT2D eigenvalue weighted by molar-refractivity contribution is 0.370. The Morgan fingerprint density at radius 1 is 0.800 bits per heavy atom. The highest BCUT2D eigenvalue weighted by Gasteiger charge is 2.27. The lowest BCUT2D eigenvalue weighted by Crippen LogP contribution is -2.17. The van der Waals surface area contributed by atoms with E-state index in [0.717, 1.165) is 31.4 Å². The Morgan fingerprint density at radius 3 is 1.89 bits per heavy atom. The summed E-state index contributed by atoms with van der Waals surface area (Å²) >= 11 is 0. The zero-order valence-corrected chi connectivity index (χ0v) is 19.2. The summed E-state index contributed by atoms with van der Waals surface area (Å²) in [7, 11) is -14.5. The smallest absolute Gasteiger partial charge is 0.446 e. The van der Waals surface area contributed by atoms with Crippen molar-refractivity contribution in [2.24, 2.45) is 0 Å². The van der Waals surface area contributed by atoms with Crippen LogP contribution in [0.1, 0.15) is 0 Å². The number of rotatable bonds is 8. The highest BCUT2D eigenvalue weighted by atomic mass is 32.3. The van der Waals surface area contributed by atoms with E-state index in [9.17, 15) is 35.2 Å². The maximum absolute atomic E-state index is 13.1. The van der Waals surface area contributed by atoms with E-state index in [1.54, 1.807) is 0 Å². The summed E-state index contributed by atoms with van der Waals surface area (Å²) in [6.07, 6.45) is 0. The van der Waals surface area contributed by atoms with Crippen LogP contribution in [0.3, 0.4) is 0 Å². The molecule has 0 radical (unpaired) electrons. The molecule has 0 saturated carbocycles. The molecule has 190 valence electrons. The molecule has 35 heavy (non-hydrogen) atoms. The van der Waals surface area contributed by atoms with Crippen LogP contribution in [0.4, 0.5) is 0 Å². The molecule has 0 amide bonds. The summed E-state index contributed by atoms with van der Waals surface area (Å²) in [5.41, 5.74) is -2.30. The first-order chi connectivity index (χ1) is 16.0. The fraction of sp³-hybridized carbons (Fsp3) is 0.0625. The topological polar surface area (TPSA) is 250 Å². The molecule has 16 nitrogen and oxygen atoms in total. The highest BCUT2D eigenvalue weighted by molar-refractivity contribution is 7.81. The van der Waals surface area contributed by atoms with Crippen molar-refractivity contribution in [2.75, 3.05) is 7.11 Å². The first-order valence-electron chi connectivity index (χ1n) is 8.50. The second kappa shape index (κ2) is 8.87. The summed E-state index contributed by atoms with van der Waals surface area (Å²) in [5.74, 6) is -4.78. The number of ether oxygens (including phenoxy) is 1. The van der Waals surface area contributed by atoms with Crippen molar-refractivity contribution in [1.29, 1.82) is 0 Å². The van der Waals surface area contributed by atoms with Crippen LogP contribution in [0.25, 0.3) is 22.3 Å². The van der Waals surface area contributed by atoms with E-state index in [4.69, 9.17) is 22.8 Å². The minimum Gasteiger partial charge on any atom is -0.504 e. The van der Waals surface area contributed by atoms with Gasteiger partial charge in [0.15, 0.2) is 23.0 Å². The Kier molecular flexibility index (Phi) is 6.59. The van der Waals surface area contributed by atoms with E-state index in [0.29, 0.717) is 6.07 Å². The third-order valence-corrected chi connectivity index (χ3v) is 5.08. The average molecular weight is 556 g/mol. The third-order valence-electron chi connectivity index (χ3n) is 3.93. The summed E-state index contributed by atoms with van der Waals surface area (Å²) in [4.78, 5) is 13.1. The maximum Gasteiger partial charge on any atom is 0.446 e. The molecule has 0 aliphatic carbocycles. The maximum atomic E-state index is 13.1. The number of benzene rings is 2. The van der Waals surface area contributed by atoms with Crippen molar-refractivity contribution in [3.63, 3.8) is 0 Å². The minimum absolute atomic E-state index is 0.159. The molecular weight excluding hydrogens is 544 g/mol. The molecule has 1 aromatic heterocycles. The first-order valence-corrected chi connectivity index (χ1v) is 12.6. The lowest BCUT2D eigenvalue weighted by atomic mass is 10.1. The van der Waals surface area contributed by atoms with Crippen LogP contribution in [0.2, 0.25) is 0 Å². The van der Waals surface area contributed by atoms with Crippen LogP contribution in [0, 0.1) is 0 Å². The monoisotopic (exact) mass is 556 g/mol. The van der Waals surface area contributed by atoms with E-state index < -0.39 is 76.4 Å². The van der Waals surface area contributed by atoms with Gasteiger partial charge < -0.3 is 26.8 Å². The van der Waals surface area contributed by atoms with Crippen LogP contribution in [0.5, 0.6) is 28.7 Å². The van der Waals surface area contributed by atoms with Gasteiger partial charge in [-0.1, -0.05) is 0 Å².